The van der Waals surface area contributed by atoms with Gasteiger partial charge in [-0.05, 0) is 47.0 Å². The lowest BCUT2D eigenvalue weighted by molar-refractivity contribution is -0.117. The van der Waals surface area contributed by atoms with Crippen molar-refractivity contribution in [1.82, 2.24) is 20.2 Å². The summed E-state index contributed by atoms with van der Waals surface area (Å²) >= 11 is 0. The van der Waals surface area contributed by atoms with Crippen LogP contribution < -0.4 is 14.8 Å². The minimum atomic E-state index is -0.234. The van der Waals surface area contributed by atoms with Crippen LogP contribution in [0.15, 0.2) is 72.8 Å². The zero-order valence-corrected chi connectivity index (χ0v) is 17.9. The second kappa shape index (κ2) is 9.74. The lowest BCUT2D eigenvalue weighted by Gasteiger charge is -2.11. The smallest absolute Gasteiger partial charge is 0.248 e. The summed E-state index contributed by atoms with van der Waals surface area (Å²) in [5, 5.41) is 15.3. The monoisotopic (exact) mass is 429 g/mol. The summed E-state index contributed by atoms with van der Waals surface area (Å²) in [6.07, 6.45) is 0.725. The lowest BCUT2D eigenvalue weighted by atomic mass is 10.0. The molecule has 0 fully saturated rings. The number of hydrogen-bond acceptors (Lipinski definition) is 6. The Hall–Kier alpha value is -4.20. The van der Waals surface area contributed by atoms with E-state index in [2.05, 4.69) is 32.9 Å². The number of ether oxygens (including phenoxy) is 2. The van der Waals surface area contributed by atoms with E-state index >= 15 is 0 Å². The third-order valence-electron chi connectivity index (χ3n) is 4.91. The minimum absolute atomic E-state index is 0.0556. The highest BCUT2D eigenvalue weighted by atomic mass is 16.5. The number of aromatic nitrogens is 4. The van der Waals surface area contributed by atoms with Gasteiger partial charge in [0.15, 0.2) is 11.5 Å². The summed E-state index contributed by atoms with van der Waals surface area (Å²) in [6.45, 7) is -0.0556. The summed E-state index contributed by atoms with van der Waals surface area (Å²) in [5.74, 6) is 1.33. The van der Waals surface area contributed by atoms with Gasteiger partial charge in [-0.1, -0.05) is 48.5 Å². The number of carbonyl (C=O) groups is 1. The molecule has 3 aromatic carbocycles. The van der Waals surface area contributed by atoms with Gasteiger partial charge in [-0.25, -0.2) is 0 Å². The Bertz CT molecular complexity index is 1210. The van der Waals surface area contributed by atoms with Gasteiger partial charge in [0.2, 0.25) is 11.7 Å². The number of anilines is 1. The van der Waals surface area contributed by atoms with Gasteiger partial charge in [0, 0.05) is 11.3 Å². The molecule has 32 heavy (non-hydrogen) atoms. The van der Waals surface area contributed by atoms with Crippen LogP contribution in [0.5, 0.6) is 11.5 Å². The average Bonchev–Trinajstić information content (AvgIpc) is 3.29. The Labute approximate surface area is 185 Å². The van der Waals surface area contributed by atoms with Crippen molar-refractivity contribution in [2.24, 2.45) is 0 Å². The molecule has 0 aliphatic rings. The summed E-state index contributed by atoms with van der Waals surface area (Å²) in [7, 11) is 3.13. The summed E-state index contributed by atoms with van der Waals surface area (Å²) < 4.78 is 10.6. The highest BCUT2D eigenvalue weighted by Crippen LogP contribution is 2.30. The second-order valence-corrected chi connectivity index (χ2v) is 7.08. The van der Waals surface area contributed by atoms with Gasteiger partial charge in [0.1, 0.15) is 6.54 Å². The first-order chi connectivity index (χ1) is 15.7. The number of carbonyl (C=O) groups excluding carboxylic acids is 1. The number of rotatable bonds is 8. The molecule has 0 saturated heterocycles. The maximum atomic E-state index is 12.6. The van der Waals surface area contributed by atoms with Crippen molar-refractivity contribution in [1.29, 1.82) is 0 Å². The van der Waals surface area contributed by atoms with Crippen molar-refractivity contribution in [3.8, 4) is 22.9 Å². The average molecular weight is 429 g/mol. The molecule has 1 aromatic heterocycles. The first-order valence-corrected chi connectivity index (χ1v) is 10.1. The van der Waals surface area contributed by atoms with E-state index in [0.717, 1.165) is 17.7 Å². The normalized spacial score (nSPS) is 10.6. The Morgan fingerprint density at radius 2 is 1.69 bits per heavy atom. The highest BCUT2D eigenvalue weighted by Gasteiger charge is 2.13. The fraction of sp³-hybridized carbons (Fsp3) is 0.167. The molecule has 0 saturated carbocycles. The van der Waals surface area contributed by atoms with Crippen LogP contribution >= 0.6 is 0 Å². The largest absolute Gasteiger partial charge is 0.493 e. The maximum Gasteiger partial charge on any atom is 0.248 e. The van der Waals surface area contributed by atoms with E-state index in [9.17, 15) is 4.79 Å². The van der Waals surface area contributed by atoms with Crippen LogP contribution in [-0.4, -0.2) is 40.3 Å². The number of nitrogens with zero attached hydrogens (tertiary/aromatic N) is 4. The van der Waals surface area contributed by atoms with Crippen molar-refractivity contribution in [2.45, 2.75) is 13.0 Å². The number of nitrogens with one attached hydrogen (secondary N) is 1. The number of amides is 1. The first-order valence-electron chi connectivity index (χ1n) is 10.1. The fourth-order valence-electron chi connectivity index (χ4n) is 3.33. The highest BCUT2D eigenvalue weighted by molar-refractivity contribution is 5.91. The zero-order valence-electron chi connectivity index (χ0n) is 17.9. The van der Waals surface area contributed by atoms with Gasteiger partial charge in [0.05, 0.1) is 14.2 Å². The molecule has 0 atom stereocenters. The Balaban J connectivity index is 1.44. The number of methoxy groups -OCH3 is 2. The van der Waals surface area contributed by atoms with Crippen molar-refractivity contribution in [3.05, 3.63) is 83.9 Å². The summed E-state index contributed by atoms with van der Waals surface area (Å²) in [4.78, 5) is 13.9. The zero-order chi connectivity index (χ0) is 22.3. The van der Waals surface area contributed by atoms with E-state index in [1.807, 2.05) is 48.5 Å². The van der Waals surface area contributed by atoms with Crippen LogP contribution in [-0.2, 0) is 17.8 Å². The van der Waals surface area contributed by atoms with Crippen molar-refractivity contribution in [2.75, 3.05) is 19.5 Å². The Kier molecular flexibility index (Phi) is 6.41. The molecule has 4 aromatic rings. The molecule has 1 heterocycles. The van der Waals surface area contributed by atoms with Gasteiger partial charge < -0.3 is 14.8 Å². The van der Waals surface area contributed by atoms with Crippen molar-refractivity contribution in [3.63, 3.8) is 0 Å². The van der Waals surface area contributed by atoms with Crippen molar-refractivity contribution >= 4 is 11.6 Å². The number of tetrazole rings is 1. The molecular weight excluding hydrogens is 406 g/mol. The molecule has 1 amide bonds. The van der Waals surface area contributed by atoms with Gasteiger partial charge in [0.25, 0.3) is 0 Å². The van der Waals surface area contributed by atoms with E-state index in [1.165, 1.54) is 10.4 Å². The van der Waals surface area contributed by atoms with Crippen LogP contribution in [0.25, 0.3) is 11.4 Å². The van der Waals surface area contributed by atoms with E-state index in [4.69, 9.17) is 9.47 Å². The third kappa shape index (κ3) is 4.92. The fourth-order valence-corrected chi connectivity index (χ4v) is 3.33. The Morgan fingerprint density at radius 3 is 2.47 bits per heavy atom. The molecule has 8 nitrogen and oxygen atoms in total. The van der Waals surface area contributed by atoms with E-state index in [1.54, 1.807) is 26.4 Å². The van der Waals surface area contributed by atoms with E-state index in [-0.39, 0.29) is 12.5 Å². The van der Waals surface area contributed by atoms with Crippen LogP contribution in [0.2, 0.25) is 0 Å². The van der Waals surface area contributed by atoms with Gasteiger partial charge in [-0.3, -0.25) is 4.79 Å². The molecule has 1 N–H and O–H groups in total. The van der Waals surface area contributed by atoms with Gasteiger partial charge in [-0.2, -0.15) is 4.80 Å². The predicted molar refractivity (Wildman–Crippen MR) is 121 cm³/mol. The molecule has 0 aliphatic heterocycles. The molecule has 0 radical (unpaired) electrons. The van der Waals surface area contributed by atoms with Gasteiger partial charge >= 0.3 is 0 Å². The molecular formula is C24H23N5O3. The van der Waals surface area contributed by atoms with Crippen LogP contribution in [0, 0.1) is 0 Å². The number of para-hydroxylation sites is 1. The Morgan fingerprint density at radius 1 is 0.938 bits per heavy atom. The standard InChI is InChI=1S/C24H23N5O3/c1-31-21-13-12-19(15-22(21)32-2)24-26-28-29(27-24)16-23(30)25-20-11-7-6-10-18(20)14-17-8-4-3-5-9-17/h3-13,15H,14,16H2,1-2H3,(H,25,30). The van der Waals surface area contributed by atoms with E-state index in [0.29, 0.717) is 22.9 Å². The van der Waals surface area contributed by atoms with Crippen molar-refractivity contribution < 1.29 is 14.3 Å². The quantitative estimate of drug-likeness (QED) is 0.460. The van der Waals surface area contributed by atoms with Gasteiger partial charge in [-0.15, -0.1) is 10.2 Å². The molecule has 0 bridgehead atoms. The predicted octanol–water partition coefficient (Wildman–Crippen LogP) is 3.59. The molecule has 0 aliphatic carbocycles. The third-order valence-corrected chi connectivity index (χ3v) is 4.91. The minimum Gasteiger partial charge on any atom is -0.493 e. The topological polar surface area (TPSA) is 91.2 Å². The second-order valence-electron chi connectivity index (χ2n) is 7.08. The lowest BCUT2D eigenvalue weighted by Crippen LogP contribution is -2.21. The number of hydrogen-bond donors (Lipinski definition) is 1. The van der Waals surface area contributed by atoms with Crippen LogP contribution in [0.1, 0.15) is 11.1 Å². The summed E-state index contributed by atoms with van der Waals surface area (Å²) in [5.41, 5.74) is 3.68. The first kappa shape index (κ1) is 21.0. The molecule has 0 unspecified atom stereocenters. The molecule has 0 spiro atoms. The maximum absolute atomic E-state index is 12.6. The molecule has 162 valence electrons. The van der Waals surface area contributed by atoms with Crippen LogP contribution in [0.4, 0.5) is 5.69 Å². The molecule has 4 rings (SSSR count). The number of benzene rings is 3. The summed E-state index contributed by atoms with van der Waals surface area (Å²) in [6, 6.07) is 23.2. The van der Waals surface area contributed by atoms with E-state index < -0.39 is 0 Å². The van der Waals surface area contributed by atoms with Crippen LogP contribution in [0.3, 0.4) is 0 Å². The molecule has 8 heteroatoms. The SMILES string of the molecule is COc1ccc(-c2nnn(CC(=O)Nc3ccccc3Cc3ccccc3)n2)cc1OC.